The number of methoxy groups -OCH3 is 1. The number of nitrogens with zero attached hydrogens (tertiary/aromatic N) is 1. The molecular weight excluding hydrogens is 384 g/mol. The Bertz CT molecular complexity index is 1110. The summed E-state index contributed by atoms with van der Waals surface area (Å²) in [5.74, 6) is -1.57. The zero-order valence-electron chi connectivity index (χ0n) is 17.0. The normalized spacial score (nSPS) is 10.7. The number of rotatable bonds is 6. The number of imide groups is 1. The standard InChI is InChI=1S/C23H22N2O5/c1-14(2)19-12-17(15-8-4-6-10-18(15)24-19)23(28)30-13-21(26)25-22(27)16-9-5-7-11-20(16)29-3/h4-12,14H,13H2,1-3H3,(H,25,26,27). The molecule has 0 bridgehead atoms. The van der Waals surface area contributed by atoms with Gasteiger partial charge in [0.05, 0.1) is 23.8 Å². The summed E-state index contributed by atoms with van der Waals surface area (Å²) in [5.41, 5.74) is 1.96. The highest BCUT2D eigenvalue weighted by Gasteiger charge is 2.19. The molecule has 0 fully saturated rings. The second-order valence-electron chi connectivity index (χ2n) is 6.92. The fraction of sp³-hybridized carbons (Fsp3) is 0.217. The summed E-state index contributed by atoms with van der Waals surface area (Å²) < 4.78 is 10.3. The first-order chi connectivity index (χ1) is 14.4. The molecule has 0 radical (unpaired) electrons. The molecule has 7 heteroatoms. The van der Waals surface area contributed by atoms with Crippen molar-refractivity contribution in [1.82, 2.24) is 10.3 Å². The zero-order chi connectivity index (χ0) is 21.7. The molecule has 0 aliphatic carbocycles. The summed E-state index contributed by atoms with van der Waals surface area (Å²) in [4.78, 5) is 41.6. The summed E-state index contributed by atoms with van der Waals surface area (Å²) in [7, 11) is 1.43. The lowest BCUT2D eigenvalue weighted by Crippen LogP contribution is -2.34. The number of carbonyl (C=O) groups excluding carboxylic acids is 3. The Kier molecular flexibility index (Phi) is 6.41. The van der Waals surface area contributed by atoms with E-state index in [2.05, 4.69) is 10.3 Å². The number of hydrogen-bond donors (Lipinski definition) is 1. The molecule has 1 heterocycles. The molecule has 2 amide bonds. The number of aromatic nitrogens is 1. The van der Waals surface area contributed by atoms with Crippen molar-refractivity contribution in [3.63, 3.8) is 0 Å². The van der Waals surface area contributed by atoms with Crippen LogP contribution < -0.4 is 10.1 Å². The number of hydrogen-bond acceptors (Lipinski definition) is 6. The lowest BCUT2D eigenvalue weighted by Gasteiger charge is -2.12. The van der Waals surface area contributed by atoms with Crippen LogP contribution in [0, 0.1) is 0 Å². The highest BCUT2D eigenvalue weighted by molar-refractivity contribution is 6.08. The number of benzene rings is 2. The van der Waals surface area contributed by atoms with Crippen LogP contribution in [0.1, 0.15) is 46.2 Å². The Hall–Kier alpha value is -3.74. The smallest absolute Gasteiger partial charge is 0.339 e. The Balaban J connectivity index is 1.71. The molecule has 3 aromatic rings. The Morgan fingerprint density at radius 3 is 2.43 bits per heavy atom. The van der Waals surface area contributed by atoms with Crippen LogP contribution >= 0.6 is 0 Å². The topological polar surface area (TPSA) is 94.6 Å². The van der Waals surface area contributed by atoms with Gasteiger partial charge in [0, 0.05) is 11.1 Å². The maximum atomic E-state index is 12.7. The lowest BCUT2D eigenvalue weighted by atomic mass is 10.0. The summed E-state index contributed by atoms with van der Waals surface area (Å²) in [6.45, 7) is 3.36. The average Bonchev–Trinajstić information content (AvgIpc) is 2.76. The Morgan fingerprint density at radius 1 is 1.00 bits per heavy atom. The van der Waals surface area contributed by atoms with Crippen LogP contribution in [-0.2, 0) is 9.53 Å². The first kappa shape index (κ1) is 21.0. The minimum Gasteiger partial charge on any atom is -0.496 e. The maximum absolute atomic E-state index is 12.7. The highest BCUT2D eigenvalue weighted by atomic mass is 16.5. The zero-order valence-corrected chi connectivity index (χ0v) is 17.0. The molecule has 0 saturated heterocycles. The van der Waals surface area contributed by atoms with Crippen molar-refractivity contribution >= 4 is 28.7 Å². The van der Waals surface area contributed by atoms with Crippen LogP contribution in [0.25, 0.3) is 10.9 Å². The van der Waals surface area contributed by atoms with Crippen LogP contribution in [0.15, 0.2) is 54.6 Å². The number of nitrogens with one attached hydrogen (secondary N) is 1. The Labute approximate surface area is 174 Å². The lowest BCUT2D eigenvalue weighted by molar-refractivity contribution is -0.123. The van der Waals surface area contributed by atoms with Gasteiger partial charge in [0.1, 0.15) is 5.75 Å². The first-order valence-electron chi connectivity index (χ1n) is 9.44. The molecular formula is C23H22N2O5. The number of para-hydroxylation sites is 2. The minimum atomic E-state index is -0.735. The van der Waals surface area contributed by atoms with Gasteiger partial charge in [-0.3, -0.25) is 19.9 Å². The predicted octanol–water partition coefficient (Wildman–Crippen LogP) is 3.48. The monoisotopic (exact) mass is 406 g/mol. The third-order valence-electron chi connectivity index (χ3n) is 4.49. The molecule has 0 saturated carbocycles. The van der Waals surface area contributed by atoms with Crippen molar-refractivity contribution in [2.24, 2.45) is 0 Å². The molecule has 2 aromatic carbocycles. The van der Waals surface area contributed by atoms with E-state index in [4.69, 9.17) is 9.47 Å². The molecule has 1 aromatic heterocycles. The van der Waals surface area contributed by atoms with Crippen LogP contribution in [-0.4, -0.2) is 36.5 Å². The largest absolute Gasteiger partial charge is 0.496 e. The van der Waals surface area contributed by atoms with E-state index < -0.39 is 24.4 Å². The van der Waals surface area contributed by atoms with Gasteiger partial charge in [-0.05, 0) is 30.2 Å². The van der Waals surface area contributed by atoms with Crippen molar-refractivity contribution in [2.75, 3.05) is 13.7 Å². The summed E-state index contributed by atoms with van der Waals surface area (Å²) >= 11 is 0. The van der Waals surface area contributed by atoms with E-state index in [0.29, 0.717) is 22.2 Å². The van der Waals surface area contributed by atoms with Crippen molar-refractivity contribution < 1.29 is 23.9 Å². The van der Waals surface area contributed by atoms with Gasteiger partial charge in [0.15, 0.2) is 6.61 Å². The fourth-order valence-corrected chi connectivity index (χ4v) is 2.93. The summed E-state index contributed by atoms with van der Waals surface area (Å²) in [6.07, 6.45) is 0. The van der Waals surface area contributed by atoms with E-state index in [1.165, 1.54) is 13.2 Å². The number of carbonyl (C=O) groups is 3. The van der Waals surface area contributed by atoms with Crippen LogP contribution in [0.3, 0.4) is 0 Å². The minimum absolute atomic E-state index is 0.114. The fourth-order valence-electron chi connectivity index (χ4n) is 2.93. The van der Waals surface area contributed by atoms with E-state index in [1.54, 1.807) is 36.4 Å². The van der Waals surface area contributed by atoms with Gasteiger partial charge >= 0.3 is 5.97 Å². The third kappa shape index (κ3) is 4.63. The number of amides is 2. The van der Waals surface area contributed by atoms with Crippen LogP contribution in [0.5, 0.6) is 5.75 Å². The number of pyridine rings is 1. The number of fused-ring (bicyclic) bond motifs is 1. The van der Waals surface area contributed by atoms with Gasteiger partial charge < -0.3 is 9.47 Å². The quantitative estimate of drug-likeness (QED) is 0.630. The average molecular weight is 406 g/mol. The molecule has 0 unspecified atom stereocenters. The van der Waals surface area contributed by atoms with E-state index in [-0.39, 0.29) is 11.5 Å². The number of esters is 1. The molecule has 7 nitrogen and oxygen atoms in total. The van der Waals surface area contributed by atoms with E-state index in [1.807, 2.05) is 26.0 Å². The van der Waals surface area contributed by atoms with E-state index in [0.717, 1.165) is 5.69 Å². The molecule has 30 heavy (non-hydrogen) atoms. The van der Waals surface area contributed by atoms with Gasteiger partial charge in [-0.2, -0.15) is 0 Å². The highest BCUT2D eigenvalue weighted by Crippen LogP contribution is 2.23. The summed E-state index contributed by atoms with van der Waals surface area (Å²) in [6, 6.07) is 15.4. The van der Waals surface area contributed by atoms with E-state index in [9.17, 15) is 14.4 Å². The van der Waals surface area contributed by atoms with Gasteiger partial charge in [-0.25, -0.2) is 4.79 Å². The molecule has 0 atom stereocenters. The van der Waals surface area contributed by atoms with Gasteiger partial charge in [0.25, 0.3) is 11.8 Å². The van der Waals surface area contributed by atoms with Crippen molar-refractivity contribution in [3.05, 3.63) is 71.4 Å². The van der Waals surface area contributed by atoms with Gasteiger partial charge in [-0.15, -0.1) is 0 Å². The molecule has 0 spiro atoms. The SMILES string of the molecule is COc1ccccc1C(=O)NC(=O)COC(=O)c1cc(C(C)C)nc2ccccc12. The molecule has 154 valence electrons. The van der Waals surface area contributed by atoms with Crippen LogP contribution in [0.4, 0.5) is 0 Å². The predicted molar refractivity (Wildman–Crippen MR) is 112 cm³/mol. The summed E-state index contributed by atoms with van der Waals surface area (Å²) in [5, 5.41) is 2.83. The Morgan fingerprint density at radius 2 is 1.70 bits per heavy atom. The third-order valence-corrected chi connectivity index (χ3v) is 4.49. The van der Waals surface area contributed by atoms with Crippen molar-refractivity contribution in [2.45, 2.75) is 19.8 Å². The van der Waals surface area contributed by atoms with Gasteiger partial charge in [-0.1, -0.05) is 44.2 Å². The number of ether oxygens (including phenoxy) is 2. The molecule has 0 aliphatic heterocycles. The molecule has 1 N–H and O–H groups in total. The van der Waals surface area contributed by atoms with Crippen LogP contribution in [0.2, 0.25) is 0 Å². The first-order valence-corrected chi connectivity index (χ1v) is 9.44. The van der Waals surface area contributed by atoms with Crippen molar-refractivity contribution in [3.8, 4) is 5.75 Å². The molecule has 0 aliphatic rings. The second kappa shape index (κ2) is 9.17. The van der Waals surface area contributed by atoms with Crippen molar-refractivity contribution in [1.29, 1.82) is 0 Å². The van der Waals surface area contributed by atoms with Gasteiger partial charge in [0.2, 0.25) is 0 Å². The maximum Gasteiger partial charge on any atom is 0.339 e. The molecule has 3 rings (SSSR count). The van der Waals surface area contributed by atoms with E-state index >= 15 is 0 Å². The second-order valence-corrected chi connectivity index (χ2v) is 6.92.